The lowest BCUT2D eigenvalue weighted by Gasteiger charge is -2.30. The van der Waals surface area contributed by atoms with Crippen molar-refractivity contribution in [3.63, 3.8) is 0 Å². The highest BCUT2D eigenvalue weighted by Crippen LogP contribution is 2.35. The average molecular weight is 438 g/mol. The van der Waals surface area contributed by atoms with Gasteiger partial charge in [0.2, 0.25) is 5.91 Å². The zero-order chi connectivity index (χ0) is 19.2. The van der Waals surface area contributed by atoms with Gasteiger partial charge in [-0.15, -0.1) is 11.3 Å². The zero-order valence-corrected chi connectivity index (χ0v) is 17.5. The maximum atomic E-state index is 12.3. The number of benzene rings is 1. The fraction of sp³-hybridized carbons (Fsp3) is 0.368. The molecule has 0 aliphatic heterocycles. The number of thiophene rings is 1. The fourth-order valence-electron chi connectivity index (χ4n) is 2.40. The van der Waals surface area contributed by atoms with Crippen LogP contribution in [0.1, 0.15) is 38.1 Å². The maximum absolute atomic E-state index is 12.3. The van der Waals surface area contributed by atoms with Crippen LogP contribution in [0.15, 0.2) is 46.3 Å². The summed E-state index contributed by atoms with van der Waals surface area (Å²) >= 11 is 4.98. The average Bonchev–Trinajstić information content (AvgIpc) is 3.07. The highest BCUT2D eigenvalue weighted by Gasteiger charge is 2.28. The van der Waals surface area contributed by atoms with Crippen molar-refractivity contribution >= 4 is 44.9 Å². The molecule has 140 valence electrons. The molecular formula is C19H24BrN3O2S. The molecule has 26 heavy (non-hydrogen) atoms. The minimum Gasteiger partial charge on any atom is -0.348 e. The van der Waals surface area contributed by atoms with E-state index in [1.165, 1.54) is 0 Å². The number of hydrogen-bond acceptors (Lipinski definition) is 3. The van der Waals surface area contributed by atoms with E-state index < -0.39 is 0 Å². The second kappa shape index (κ2) is 9.19. The minimum absolute atomic E-state index is 0.0495. The number of anilines is 1. The van der Waals surface area contributed by atoms with Gasteiger partial charge in [-0.25, -0.2) is 4.79 Å². The Morgan fingerprint density at radius 3 is 2.42 bits per heavy atom. The molecule has 2 rings (SSSR count). The standard InChI is InChI=1S/C19H24BrN3O2S/c1-19(2,3)17(15-5-4-12-26-15)23-16(24)10-11-21-18(25)22-14-8-6-13(20)7-9-14/h4-9,12,17H,10-11H2,1-3H3,(H,23,24)(H2,21,22,25). The Morgan fingerprint density at radius 2 is 1.85 bits per heavy atom. The van der Waals surface area contributed by atoms with Gasteiger partial charge in [-0.2, -0.15) is 0 Å². The first-order valence-electron chi connectivity index (χ1n) is 8.39. The molecule has 0 radical (unpaired) electrons. The first kappa shape index (κ1) is 20.5. The van der Waals surface area contributed by atoms with Crippen LogP contribution in [0.2, 0.25) is 0 Å². The van der Waals surface area contributed by atoms with Crippen LogP contribution >= 0.6 is 27.3 Å². The van der Waals surface area contributed by atoms with Crippen LogP contribution in [0.25, 0.3) is 0 Å². The number of amides is 3. The Labute approximate surface area is 166 Å². The summed E-state index contributed by atoms with van der Waals surface area (Å²) < 4.78 is 0.944. The van der Waals surface area contributed by atoms with Crippen LogP contribution in [0.3, 0.4) is 0 Å². The number of carbonyl (C=O) groups is 2. The van der Waals surface area contributed by atoms with Gasteiger partial charge in [-0.05, 0) is 41.1 Å². The summed E-state index contributed by atoms with van der Waals surface area (Å²) in [6.45, 7) is 6.57. The van der Waals surface area contributed by atoms with Gasteiger partial charge < -0.3 is 16.0 Å². The fourth-order valence-corrected chi connectivity index (χ4v) is 3.69. The van der Waals surface area contributed by atoms with Crippen LogP contribution in [0.5, 0.6) is 0 Å². The molecule has 0 saturated heterocycles. The molecule has 0 aliphatic carbocycles. The summed E-state index contributed by atoms with van der Waals surface area (Å²) in [6, 6.07) is 10.9. The number of halogens is 1. The summed E-state index contributed by atoms with van der Waals surface area (Å²) in [5.74, 6) is -0.0812. The van der Waals surface area contributed by atoms with Gasteiger partial charge in [0, 0.05) is 28.0 Å². The van der Waals surface area contributed by atoms with E-state index in [9.17, 15) is 9.59 Å². The van der Waals surface area contributed by atoms with Gasteiger partial charge >= 0.3 is 6.03 Å². The molecule has 0 spiro atoms. The van der Waals surface area contributed by atoms with Gasteiger partial charge in [0.15, 0.2) is 0 Å². The van der Waals surface area contributed by atoms with Gasteiger partial charge in [-0.1, -0.05) is 42.8 Å². The summed E-state index contributed by atoms with van der Waals surface area (Å²) in [5, 5.41) is 10.5. The topological polar surface area (TPSA) is 70.2 Å². The predicted octanol–water partition coefficient (Wildman–Crippen LogP) is 4.93. The minimum atomic E-state index is -0.328. The lowest BCUT2D eigenvalue weighted by molar-refractivity contribution is -0.122. The Hall–Kier alpha value is -1.86. The highest BCUT2D eigenvalue weighted by molar-refractivity contribution is 9.10. The van der Waals surface area contributed by atoms with Gasteiger partial charge in [0.05, 0.1) is 6.04 Å². The Balaban J connectivity index is 1.78. The van der Waals surface area contributed by atoms with E-state index in [1.807, 2.05) is 29.6 Å². The zero-order valence-electron chi connectivity index (χ0n) is 15.1. The van der Waals surface area contributed by atoms with E-state index >= 15 is 0 Å². The number of carbonyl (C=O) groups excluding carboxylic acids is 2. The quantitative estimate of drug-likeness (QED) is 0.599. The van der Waals surface area contributed by atoms with Gasteiger partial charge in [0.1, 0.15) is 0 Å². The molecule has 3 amide bonds. The van der Waals surface area contributed by atoms with E-state index in [2.05, 4.69) is 52.7 Å². The molecule has 2 aromatic rings. The third kappa shape index (κ3) is 6.46. The Morgan fingerprint density at radius 1 is 1.15 bits per heavy atom. The second-order valence-electron chi connectivity index (χ2n) is 7.02. The lowest BCUT2D eigenvalue weighted by atomic mass is 9.85. The first-order chi connectivity index (χ1) is 12.3. The van der Waals surface area contributed by atoms with Crippen molar-refractivity contribution in [3.8, 4) is 0 Å². The smallest absolute Gasteiger partial charge is 0.319 e. The summed E-state index contributed by atoms with van der Waals surface area (Å²) in [6.07, 6.45) is 0.228. The molecule has 1 atom stereocenters. The van der Waals surface area contributed by atoms with Gasteiger partial charge in [-0.3, -0.25) is 4.79 Å². The third-order valence-corrected chi connectivity index (χ3v) is 5.20. The largest absolute Gasteiger partial charge is 0.348 e. The van der Waals surface area contributed by atoms with E-state index in [4.69, 9.17) is 0 Å². The van der Waals surface area contributed by atoms with E-state index in [0.717, 1.165) is 9.35 Å². The first-order valence-corrected chi connectivity index (χ1v) is 10.1. The van der Waals surface area contributed by atoms with Crippen molar-refractivity contribution < 1.29 is 9.59 Å². The number of nitrogens with one attached hydrogen (secondary N) is 3. The van der Waals surface area contributed by atoms with Crippen molar-refractivity contribution in [1.29, 1.82) is 0 Å². The lowest BCUT2D eigenvalue weighted by Crippen LogP contribution is -2.38. The second-order valence-corrected chi connectivity index (χ2v) is 8.91. The Kier molecular flexibility index (Phi) is 7.23. The molecular weight excluding hydrogens is 414 g/mol. The van der Waals surface area contributed by atoms with Crippen LogP contribution in [0, 0.1) is 5.41 Å². The molecule has 1 aromatic carbocycles. The normalized spacial score (nSPS) is 12.3. The highest BCUT2D eigenvalue weighted by atomic mass is 79.9. The van der Waals surface area contributed by atoms with Crippen molar-refractivity contribution in [1.82, 2.24) is 10.6 Å². The molecule has 3 N–H and O–H groups in total. The van der Waals surface area contributed by atoms with Gasteiger partial charge in [0.25, 0.3) is 0 Å². The van der Waals surface area contributed by atoms with E-state index in [0.29, 0.717) is 5.69 Å². The molecule has 5 nitrogen and oxygen atoms in total. The van der Waals surface area contributed by atoms with E-state index in [-0.39, 0.29) is 36.4 Å². The Bertz CT molecular complexity index is 724. The predicted molar refractivity (Wildman–Crippen MR) is 110 cm³/mol. The monoisotopic (exact) mass is 437 g/mol. The molecule has 1 unspecified atom stereocenters. The molecule has 0 aliphatic rings. The molecule has 0 bridgehead atoms. The number of urea groups is 1. The maximum Gasteiger partial charge on any atom is 0.319 e. The SMILES string of the molecule is CC(C)(C)C(NC(=O)CCNC(=O)Nc1ccc(Br)cc1)c1cccs1. The number of hydrogen-bond donors (Lipinski definition) is 3. The molecule has 0 saturated carbocycles. The number of rotatable bonds is 6. The van der Waals surface area contributed by atoms with E-state index in [1.54, 1.807) is 23.5 Å². The molecule has 7 heteroatoms. The molecule has 0 fully saturated rings. The molecule has 1 aromatic heterocycles. The van der Waals surface area contributed by atoms with Crippen LogP contribution in [-0.2, 0) is 4.79 Å². The van der Waals surface area contributed by atoms with Crippen molar-refractivity contribution in [3.05, 3.63) is 51.1 Å². The molecule has 1 heterocycles. The summed E-state index contributed by atoms with van der Waals surface area (Å²) in [5.41, 5.74) is 0.605. The van der Waals surface area contributed by atoms with Crippen molar-refractivity contribution in [2.75, 3.05) is 11.9 Å². The van der Waals surface area contributed by atoms with Crippen LogP contribution in [0.4, 0.5) is 10.5 Å². The van der Waals surface area contributed by atoms with Crippen LogP contribution in [-0.4, -0.2) is 18.5 Å². The van der Waals surface area contributed by atoms with Crippen molar-refractivity contribution in [2.45, 2.75) is 33.2 Å². The summed E-state index contributed by atoms with van der Waals surface area (Å²) in [7, 11) is 0. The summed E-state index contributed by atoms with van der Waals surface area (Å²) in [4.78, 5) is 25.3. The van der Waals surface area contributed by atoms with Crippen molar-refractivity contribution in [2.24, 2.45) is 5.41 Å². The van der Waals surface area contributed by atoms with Crippen LogP contribution < -0.4 is 16.0 Å². The third-order valence-electron chi connectivity index (χ3n) is 3.74.